The molecule has 2 amide bonds. The maximum absolute atomic E-state index is 12.4. The lowest BCUT2D eigenvalue weighted by Crippen LogP contribution is -2.29. The lowest BCUT2D eigenvalue weighted by molar-refractivity contribution is -0.139. The highest BCUT2D eigenvalue weighted by Crippen LogP contribution is 2.39. The summed E-state index contributed by atoms with van der Waals surface area (Å²) in [6.45, 7) is 6.77. The highest BCUT2D eigenvalue weighted by atomic mass is 35.5. The van der Waals surface area contributed by atoms with Crippen LogP contribution in [0.3, 0.4) is 0 Å². The Morgan fingerprint density at radius 3 is 2.91 bits per heavy atom. The van der Waals surface area contributed by atoms with E-state index in [0.717, 1.165) is 64.3 Å². The van der Waals surface area contributed by atoms with Gasteiger partial charge in [0.25, 0.3) is 0 Å². The van der Waals surface area contributed by atoms with E-state index >= 15 is 0 Å². The summed E-state index contributed by atoms with van der Waals surface area (Å²) in [5, 5.41) is 4.16. The minimum Gasteiger partial charge on any atom is -0.377 e. The average molecular weight is 498 g/mol. The first-order valence-corrected chi connectivity index (χ1v) is 12.9. The molecule has 2 saturated heterocycles. The first-order chi connectivity index (χ1) is 16.4. The number of carbonyl (C=O) groups excluding carboxylic acids is 2. The van der Waals surface area contributed by atoms with Crippen LogP contribution in [0.15, 0.2) is 30.5 Å². The molecule has 2 aliphatic heterocycles. The second kappa shape index (κ2) is 9.74. The quantitative estimate of drug-likeness (QED) is 0.515. The molecule has 0 radical (unpaired) electrons. The third kappa shape index (κ3) is 4.62. The molecule has 8 heteroatoms. The van der Waals surface area contributed by atoms with Crippen molar-refractivity contribution in [2.24, 2.45) is 5.92 Å². The van der Waals surface area contributed by atoms with Crippen LogP contribution in [0.1, 0.15) is 35.8 Å². The smallest absolute Gasteiger partial charge is 0.232 e. The molecule has 2 unspecified atom stereocenters. The molecule has 0 aliphatic carbocycles. The molecule has 6 nitrogen and oxygen atoms in total. The lowest BCUT2D eigenvalue weighted by Gasteiger charge is -2.20. The van der Waals surface area contributed by atoms with Crippen molar-refractivity contribution in [3.8, 4) is 11.1 Å². The summed E-state index contributed by atoms with van der Waals surface area (Å²) in [6, 6.07) is 8.05. The van der Waals surface area contributed by atoms with Crippen molar-refractivity contribution in [2.75, 3.05) is 19.7 Å². The summed E-state index contributed by atoms with van der Waals surface area (Å²) < 4.78 is 7.14. The van der Waals surface area contributed by atoms with Gasteiger partial charge in [0.2, 0.25) is 11.8 Å². The van der Waals surface area contributed by atoms with Crippen LogP contribution in [-0.4, -0.2) is 47.5 Å². The van der Waals surface area contributed by atoms with Gasteiger partial charge in [0.15, 0.2) is 0 Å². The maximum atomic E-state index is 12.4. The predicted molar refractivity (Wildman–Crippen MR) is 135 cm³/mol. The van der Waals surface area contributed by atoms with Gasteiger partial charge < -0.3 is 10.1 Å². The highest BCUT2D eigenvalue weighted by Gasteiger charge is 2.35. The maximum Gasteiger partial charge on any atom is 0.232 e. The summed E-state index contributed by atoms with van der Waals surface area (Å²) >= 11 is 8.10. The van der Waals surface area contributed by atoms with E-state index in [2.05, 4.69) is 17.2 Å². The van der Waals surface area contributed by atoms with Crippen LogP contribution in [0.4, 0.5) is 0 Å². The number of ether oxygens (including phenoxy) is 1. The number of hydrogen-bond donors (Lipinski definition) is 1. The molecule has 2 aliphatic rings. The van der Waals surface area contributed by atoms with Crippen molar-refractivity contribution in [2.45, 2.75) is 45.8 Å². The van der Waals surface area contributed by atoms with Gasteiger partial charge in [-0.25, -0.2) is 0 Å². The largest absolute Gasteiger partial charge is 0.377 e. The number of likely N-dealkylation sites (tertiary alicyclic amines) is 1. The molecule has 178 valence electrons. The molecule has 5 rings (SSSR count). The standard InChI is InChI=1S/C26H28ClN3O3S/c1-15-8-17(27)10-22(21(15)11-18-13-28-5-3-7-33-18)20-4-6-29-23-12-19(34-25(20)23)14-30-24(31)9-16(2)26(30)32/h4,6,8,10,12,16,18,28H,3,5,7,9,11,13-14H2,1-2H3. The van der Waals surface area contributed by atoms with Gasteiger partial charge in [-0.1, -0.05) is 18.5 Å². The van der Waals surface area contributed by atoms with Crippen molar-refractivity contribution in [1.82, 2.24) is 15.2 Å². The number of hydrogen-bond acceptors (Lipinski definition) is 6. The average Bonchev–Trinajstić information content (AvgIpc) is 3.18. The first kappa shape index (κ1) is 23.4. The third-order valence-corrected chi connectivity index (χ3v) is 7.99. The molecular weight excluding hydrogens is 470 g/mol. The highest BCUT2D eigenvalue weighted by molar-refractivity contribution is 7.19. The number of carbonyl (C=O) groups is 2. The number of aromatic nitrogens is 1. The number of rotatable bonds is 5. The fourth-order valence-corrected chi connectivity index (χ4v) is 6.26. The third-order valence-electron chi connectivity index (χ3n) is 6.63. The Hall–Kier alpha value is -2.32. The summed E-state index contributed by atoms with van der Waals surface area (Å²) in [6.07, 6.45) is 4.02. The van der Waals surface area contributed by atoms with Crippen LogP contribution in [0.5, 0.6) is 0 Å². The molecule has 2 atom stereocenters. The van der Waals surface area contributed by atoms with Gasteiger partial charge in [0.1, 0.15) is 0 Å². The second-order valence-electron chi connectivity index (χ2n) is 9.21. The van der Waals surface area contributed by atoms with Crippen LogP contribution < -0.4 is 5.32 Å². The monoisotopic (exact) mass is 497 g/mol. The Morgan fingerprint density at radius 1 is 1.26 bits per heavy atom. The number of pyridine rings is 1. The van der Waals surface area contributed by atoms with Crippen LogP contribution >= 0.6 is 22.9 Å². The van der Waals surface area contributed by atoms with Crippen molar-refractivity contribution in [3.63, 3.8) is 0 Å². The van der Waals surface area contributed by atoms with Crippen LogP contribution in [0.25, 0.3) is 21.3 Å². The Bertz CT molecular complexity index is 1250. The van der Waals surface area contributed by atoms with E-state index in [1.54, 1.807) is 18.3 Å². The summed E-state index contributed by atoms with van der Waals surface area (Å²) in [5.41, 5.74) is 5.37. The minimum absolute atomic E-state index is 0.0969. The van der Waals surface area contributed by atoms with E-state index in [1.807, 2.05) is 30.5 Å². The number of nitrogens with zero attached hydrogens (tertiary/aromatic N) is 2. The Kier molecular flexibility index (Phi) is 6.71. The summed E-state index contributed by atoms with van der Waals surface area (Å²) in [5.74, 6) is -0.443. The van der Waals surface area contributed by atoms with Crippen LogP contribution in [-0.2, 0) is 27.3 Å². The molecular formula is C26H28ClN3O3S. The second-order valence-corrected chi connectivity index (χ2v) is 10.8. The number of nitrogens with one attached hydrogen (secondary N) is 1. The van der Waals surface area contributed by atoms with Crippen LogP contribution in [0, 0.1) is 12.8 Å². The lowest BCUT2D eigenvalue weighted by atomic mass is 9.92. The van der Waals surface area contributed by atoms with E-state index in [0.29, 0.717) is 11.6 Å². The van der Waals surface area contributed by atoms with Gasteiger partial charge in [0.05, 0.1) is 22.9 Å². The molecule has 3 aromatic rings. The predicted octanol–water partition coefficient (Wildman–Crippen LogP) is 4.74. The normalized spacial score (nSPS) is 21.4. The molecule has 2 fully saturated rings. The fourth-order valence-electron chi connectivity index (χ4n) is 4.86. The van der Waals surface area contributed by atoms with Gasteiger partial charge >= 0.3 is 0 Å². The number of thiophene rings is 1. The molecule has 0 saturated carbocycles. The Balaban J connectivity index is 1.53. The summed E-state index contributed by atoms with van der Waals surface area (Å²) in [4.78, 5) is 31.6. The summed E-state index contributed by atoms with van der Waals surface area (Å²) in [7, 11) is 0. The van der Waals surface area contributed by atoms with Crippen molar-refractivity contribution in [1.29, 1.82) is 0 Å². The number of aryl methyl sites for hydroxylation is 1. The Morgan fingerprint density at radius 2 is 2.12 bits per heavy atom. The molecule has 0 bridgehead atoms. The van der Waals surface area contributed by atoms with Gasteiger partial charge in [-0.2, -0.15) is 0 Å². The van der Waals surface area contributed by atoms with E-state index in [4.69, 9.17) is 16.3 Å². The molecule has 2 aromatic heterocycles. The van der Waals surface area contributed by atoms with Crippen molar-refractivity contribution < 1.29 is 14.3 Å². The number of fused-ring (bicyclic) bond motifs is 1. The Labute approximate surface area is 208 Å². The van der Waals surface area contributed by atoms with Gasteiger partial charge in [-0.3, -0.25) is 19.5 Å². The molecule has 1 N–H and O–H groups in total. The zero-order valence-electron chi connectivity index (χ0n) is 19.4. The number of halogens is 1. The van der Waals surface area contributed by atoms with Gasteiger partial charge in [-0.05, 0) is 60.8 Å². The molecule has 0 spiro atoms. The number of benzene rings is 1. The van der Waals surface area contributed by atoms with E-state index in [9.17, 15) is 9.59 Å². The molecule has 1 aromatic carbocycles. The van der Waals surface area contributed by atoms with Crippen molar-refractivity contribution >= 4 is 45.0 Å². The zero-order chi connectivity index (χ0) is 23.8. The van der Waals surface area contributed by atoms with Gasteiger partial charge in [0, 0.05) is 53.6 Å². The first-order valence-electron chi connectivity index (χ1n) is 11.7. The minimum atomic E-state index is -0.242. The SMILES string of the molecule is Cc1cc(Cl)cc(-c2ccnc3cc(CN4C(=O)CC(C)C4=O)sc23)c1CC1CNCCCO1. The van der Waals surface area contributed by atoms with E-state index in [-0.39, 0.29) is 30.3 Å². The van der Waals surface area contributed by atoms with E-state index < -0.39 is 0 Å². The number of imide groups is 1. The van der Waals surface area contributed by atoms with Crippen molar-refractivity contribution in [3.05, 3.63) is 51.5 Å². The molecule has 34 heavy (non-hydrogen) atoms. The zero-order valence-corrected chi connectivity index (χ0v) is 21.0. The van der Waals surface area contributed by atoms with Gasteiger partial charge in [-0.15, -0.1) is 11.3 Å². The van der Waals surface area contributed by atoms with E-state index in [1.165, 1.54) is 10.5 Å². The number of amides is 2. The van der Waals surface area contributed by atoms with Crippen LogP contribution in [0.2, 0.25) is 5.02 Å². The molecule has 4 heterocycles. The topological polar surface area (TPSA) is 71.5 Å². The fraction of sp³-hybridized carbons (Fsp3) is 0.423.